The fourth-order valence-corrected chi connectivity index (χ4v) is 3.20. The van der Waals surface area contributed by atoms with Gasteiger partial charge in [0.25, 0.3) is 0 Å². The highest BCUT2D eigenvalue weighted by atomic mass is 16.6. The molecule has 0 amide bonds. The van der Waals surface area contributed by atoms with Gasteiger partial charge in [-0.1, -0.05) is 6.07 Å². The van der Waals surface area contributed by atoms with Crippen molar-refractivity contribution in [3.05, 3.63) is 57.7 Å². The fraction of sp³-hybridized carbons (Fsp3) is 0.304. The molecular weight excluding hydrogens is 372 g/mol. The Kier molecular flexibility index (Phi) is 5.92. The van der Waals surface area contributed by atoms with Gasteiger partial charge in [-0.3, -0.25) is 4.79 Å². The topological polar surface area (TPSA) is 75.0 Å². The Labute approximate surface area is 169 Å². The van der Waals surface area contributed by atoms with E-state index in [0.717, 1.165) is 11.1 Å². The van der Waals surface area contributed by atoms with Gasteiger partial charge < -0.3 is 18.6 Å². The summed E-state index contributed by atoms with van der Waals surface area (Å²) in [7, 11) is 1.58. The van der Waals surface area contributed by atoms with Gasteiger partial charge in [-0.25, -0.2) is 4.79 Å². The van der Waals surface area contributed by atoms with Crippen LogP contribution < -0.4 is 14.9 Å². The number of hydrogen-bond acceptors (Lipinski definition) is 6. The molecule has 1 aromatic heterocycles. The molecule has 0 radical (unpaired) electrons. The zero-order valence-corrected chi connectivity index (χ0v) is 17.2. The number of aryl methyl sites for hydroxylation is 2. The Hall–Kier alpha value is -3.28. The van der Waals surface area contributed by atoms with Crippen molar-refractivity contribution >= 4 is 16.9 Å². The number of fused-ring (bicyclic) bond motifs is 1. The summed E-state index contributed by atoms with van der Waals surface area (Å²) >= 11 is 0. The molecule has 6 nitrogen and oxygen atoms in total. The van der Waals surface area contributed by atoms with Crippen molar-refractivity contribution in [3.8, 4) is 22.8 Å². The summed E-state index contributed by atoms with van der Waals surface area (Å²) in [6.07, 6.45) is -0.960. The lowest BCUT2D eigenvalue weighted by atomic mass is 10.0. The SMILES string of the molecule is CCOC(=O)[C@@H](C)Oc1c(-c2ccc(OC)cc2)oc2cc(C)cc(C)c2c1=O. The zero-order valence-electron chi connectivity index (χ0n) is 17.2. The van der Waals surface area contributed by atoms with Gasteiger partial charge >= 0.3 is 5.97 Å². The summed E-state index contributed by atoms with van der Waals surface area (Å²) in [4.78, 5) is 25.4. The number of hydrogen-bond donors (Lipinski definition) is 0. The Morgan fingerprint density at radius 2 is 1.83 bits per heavy atom. The third-order valence-corrected chi connectivity index (χ3v) is 4.56. The van der Waals surface area contributed by atoms with Crippen molar-refractivity contribution in [2.45, 2.75) is 33.8 Å². The molecule has 3 rings (SSSR count). The van der Waals surface area contributed by atoms with Gasteiger partial charge in [0.1, 0.15) is 11.3 Å². The van der Waals surface area contributed by atoms with Crippen LogP contribution >= 0.6 is 0 Å². The molecule has 0 aliphatic carbocycles. The maximum Gasteiger partial charge on any atom is 0.347 e. The number of rotatable bonds is 6. The molecule has 0 spiro atoms. The third kappa shape index (κ3) is 4.11. The standard InChI is InChI=1S/C23H24O6/c1-6-27-23(25)15(4)28-22-20(24)19-14(3)11-13(2)12-18(19)29-21(22)16-7-9-17(26-5)10-8-16/h7-12,15H,6H2,1-5H3/t15-/m1/s1. The van der Waals surface area contributed by atoms with Crippen molar-refractivity contribution in [1.82, 2.24) is 0 Å². The fourth-order valence-electron chi connectivity index (χ4n) is 3.20. The lowest BCUT2D eigenvalue weighted by molar-refractivity contribution is -0.150. The molecule has 6 heteroatoms. The van der Waals surface area contributed by atoms with Gasteiger partial charge in [-0.05, 0) is 69.2 Å². The van der Waals surface area contributed by atoms with Crippen LogP contribution in [0.15, 0.2) is 45.6 Å². The lowest BCUT2D eigenvalue weighted by Crippen LogP contribution is -2.28. The van der Waals surface area contributed by atoms with Crippen LogP contribution in [-0.4, -0.2) is 25.8 Å². The summed E-state index contributed by atoms with van der Waals surface area (Å²) in [6.45, 7) is 7.26. The van der Waals surface area contributed by atoms with Crippen molar-refractivity contribution in [3.63, 3.8) is 0 Å². The quantitative estimate of drug-likeness (QED) is 0.575. The Morgan fingerprint density at radius 1 is 1.14 bits per heavy atom. The first-order valence-corrected chi connectivity index (χ1v) is 9.41. The highest BCUT2D eigenvalue weighted by molar-refractivity contribution is 5.85. The average Bonchev–Trinajstić information content (AvgIpc) is 2.69. The van der Waals surface area contributed by atoms with E-state index in [9.17, 15) is 9.59 Å². The minimum atomic E-state index is -0.960. The molecule has 0 N–H and O–H groups in total. The molecular formula is C23H24O6. The molecule has 0 saturated carbocycles. The molecule has 2 aromatic carbocycles. The maximum atomic E-state index is 13.3. The second kappa shape index (κ2) is 8.39. The molecule has 29 heavy (non-hydrogen) atoms. The number of carbonyl (C=O) groups is 1. The van der Waals surface area contributed by atoms with Crippen molar-refractivity contribution < 1.29 is 23.4 Å². The predicted octanol–water partition coefficient (Wildman–Crippen LogP) is 4.42. The predicted molar refractivity (Wildman–Crippen MR) is 111 cm³/mol. The van der Waals surface area contributed by atoms with E-state index in [1.54, 1.807) is 45.2 Å². The number of carbonyl (C=O) groups excluding carboxylic acids is 1. The summed E-state index contributed by atoms with van der Waals surface area (Å²) in [6, 6.07) is 10.8. The molecule has 0 bridgehead atoms. The van der Waals surface area contributed by atoms with Gasteiger partial charge in [0.2, 0.25) is 11.2 Å². The molecule has 0 fully saturated rings. The summed E-state index contributed by atoms with van der Waals surface area (Å²) in [5, 5.41) is 0.430. The molecule has 152 valence electrons. The Morgan fingerprint density at radius 3 is 2.45 bits per heavy atom. The Balaban J connectivity index is 2.23. The number of esters is 1. The minimum absolute atomic E-state index is 0.0184. The lowest BCUT2D eigenvalue weighted by Gasteiger charge is -2.17. The van der Waals surface area contributed by atoms with E-state index in [1.165, 1.54) is 0 Å². The van der Waals surface area contributed by atoms with Gasteiger partial charge in [-0.2, -0.15) is 0 Å². The minimum Gasteiger partial charge on any atom is -0.497 e. The highest BCUT2D eigenvalue weighted by Gasteiger charge is 2.24. The van der Waals surface area contributed by atoms with Crippen LogP contribution in [0.1, 0.15) is 25.0 Å². The van der Waals surface area contributed by atoms with E-state index in [0.29, 0.717) is 22.3 Å². The largest absolute Gasteiger partial charge is 0.497 e. The van der Waals surface area contributed by atoms with Gasteiger partial charge in [0.15, 0.2) is 11.9 Å². The van der Waals surface area contributed by atoms with Crippen LogP contribution in [0.2, 0.25) is 0 Å². The molecule has 0 saturated heterocycles. The normalized spacial score (nSPS) is 11.9. The summed E-state index contributed by atoms with van der Waals surface area (Å²) < 4.78 is 22.1. The summed E-state index contributed by atoms with van der Waals surface area (Å²) in [5.74, 6) is 0.362. The zero-order chi connectivity index (χ0) is 21.1. The summed E-state index contributed by atoms with van der Waals surface area (Å²) in [5.41, 5.74) is 2.53. The molecule has 1 atom stereocenters. The Bertz CT molecular complexity index is 1100. The molecule has 3 aromatic rings. The van der Waals surface area contributed by atoms with E-state index in [1.807, 2.05) is 26.0 Å². The van der Waals surface area contributed by atoms with Crippen molar-refractivity contribution in [2.75, 3.05) is 13.7 Å². The van der Waals surface area contributed by atoms with Crippen molar-refractivity contribution in [1.29, 1.82) is 0 Å². The molecule has 0 aliphatic heterocycles. The van der Waals surface area contributed by atoms with Gasteiger partial charge in [0, 0.05) is 5.56 Å². The first-order chi connectivity index (χ1) is 13.8. The first-order valence-electron chi connectivity index (χ1n) is 9.41. The van der Waals surface area contributed by atoms with E-state index >= 15 is 0 Å². The van der Waals surface area contributed by atoms with E-state index in [2.05, 4.69) is 0 Å². The van der Waals surface area contributed by atoms with E-state index in [-0.39, 0.29) is 23.5 Å². The van der Waals surface area contributed by atoms with E-state index in [4.69, 9.17) is 18.6 Å². The van der Waals surface area contributed by atoms with E-state index < -0.39 is 12.1 Å². The van der Waals surface area contributed by atoms with Crippen LogP contribution in [-0.2, 0) is 9.53 Å². The monoisotopic (exact) mass is 396 g/mol. The maximum absolute atomic E-state index is 13.3. The molecule has 1 heterocycles. The third-order valence-electron chi connectivity index (χ3n) is 4.56. The second-order valence-corrected chi connectivity index (χ2v) is 6.79. The van der Waals surface area contributed by atoms with Crippen molar-refractivity contribution in [2.24, 2.45) is 0 Å². The molecule has 0 unspecified atom stereocenters. The smallest absolute Gasteiger partial charge is 0.347 e. The number of benzene rings is 2. The number of ether oxygens (including phenoxy) is 3. The molecule has 0 aliphatic rings. The highest BCUT2D eigenvalue weighted by Crippen LogP contribution is 2.33. The van der Waals surface area contributed by atoms with Gasteiger partial charge in [0.05, 0.1) is 19.1 Å². The van der Waals surface area contributed by atoms with Crippen LogP contribution in [0.25, 0.3) is 22.3 Å². The van der Waals surface area contributed by atoms with Crippen LogP contribution in [0.4, 0.5) is 0 Å². The van der Waals surface area contributed by atoms with Gasteiger partial charge in [-0.15, -0.1) is 0 Å². The number of methoxy groups -OCH3 is 1. The second-order valence-electron chi connectivity index (χ2n) is 6.79. The van der Waals surface area contributed by atoms with Crippen LogP contribution in [0.3, 0.4) is 0 Å². The van der Waals surface area contributed by atoms with Crippen LogP contribution in [0, 0.1) is 13.8 Å². The first kappa shape index (κ1) is 20.5. The van der Waals surface area contributed by atoms with Crippen LogP contribution in [0.5, 0.6) is 11.5 Å². The average molecular weight is 396 g/mol.